The van der Waals surface area contributed by atoms with E-state index in [2.05, 4.69) is 0 Å². The molecule has 80 valence electrons. The highest BCUT2D eigenvalue weighted by atomic mass is 16.6. The number of aliphatic hydroxyl groups is 1. The topological polar surface area (TPSA) is 55.8 Å². The number of fused-ring (bicyclic) bond motifs is 1. The quantitative estimate of drug-likeness (QED) is 0.737. The third kappa shape index (κ3) is 1.94. The van der Waals surface area contributed by atoms with Crippen LogP contribution in [-0.4, -0.2) is 30.2 Å². The molecule has 2 rings (SSSR count). The number of hydrogen-bond donors (Lipinski definition) is 1. The summed E-state index contributed by atoms with van der Waals surface area (Å²) in [4.78, 5) is 11.5. The Bertz CT molecular complexity index is 384. The maximum Gasteiger partial charge on any atom is 0.191 e. The summed E-state index contributed by atoms with van der Waals surface area (Å²) in [7, 11) is 0. The van der Waals surface area contributed by atoms with Crippen LogP contribution >= 0.6 is 0 Å². The molecule has 0 aliphatic carbocycles. The van der Waals surface area contributed by atoms with Gasteiger partial charge >= 0.3 is 0 Å². The summed E-state index contributed by atoms with van der Waals surface area (Å²) in [5.74, 6) is 0.892. The molecule has 1 aromatic rings. The minimum Gasteiger partial charge on any atom is -0.486 e. The zero-order valence-electron chi connectivity index (χ0n) is 8.40. The molecule has 0 bridgehead atoms. The van der Waals surface area contributed by atoms with Crippen molar-refractivity contribution in [2.75, 3.05) is 13.2 Å². The van der Waals surface area contributed by atoms with Gasteiger partial charge in [0.1, 0.15) is 19.3 Å². The van der Waals surface area contributed by atoms with E-state index in [4.69, 9.17) is 14.6 Å². The predicted octanol–water partition coefficient (Wildman–Crippen LogP) is 1.02. The molecule has 1 aliphatic rings. The lowest BCUT2D eigenvalue weighted by molar-refractivity contribution is 0.0778. The van der Waals surface area contributed by atoms with Crippen LogP contribution in [-0.2, 0) is 0 Å². The molecule has 1 atom stereocenters. The van der Waals surface area contributed by atoms with E-state index in [1.807, 2.05) is 0 Å². The maximum atomic E-state index is 11.5. The largest absolute Gasteiger partial charge is 0.486 e. The Kier molecular flexibility index (Phi) is 2.60. The molecule has 1 aromatic carbocycles. The van der Waals surface area contributed by atoms with Crippen molar-refractivity contribution in [1.82, 2.24) is 0 Å². The first-order chi connectivity index (χ1) is 7.18. The van der Waals surface area contributed by atoms with Gasteiger partial charge in [0.25, 0.3) is 0 Å². The van der Waals surface area contributed by atoms with Gasteiger partial charge in [0.15, 0.2) is 17.3 Å². The first-order valence-electron chi connectivity index (χ1n) is 4.80. The third-order valence-electron chi connectivity index (χ3n) is 2.21. The molecule has 15 heavy (non-hydrogen) atoms. The molecule has 1 N–H and O–H groups in total. The van der Waals surface area contributed by atoms with Gasteiger partial charge in [0.05, 0.1) is 0 Å². The summed E-state index contributed by atoms with van der Waals surface area (Å²) in [6, 6.07) is 4.91. The van der Waals surface area contributed by atoms with Crippen LogP contribution in [0.25, 0.3) is 0 Å². The highest BCUT2D eigenvalue weighted by molar-refractivity contribution is 5.99. The number of Topliss-reactive ketones (excluding diaryl/α,β-unsaturated/α-hetero) is 1. The van der Waals surface area contributed by atoms with Gasteiger partial charge < -0.3 is 14.6 Å². The zero-order chi connectivity index (χ0) is 10.8. The fraction of sp³-hybridized carbons (Fsp3) is 0.364. The average molecular weight is 208 g/mol. The van der Waals surface area contributed by atoms with Crippen LogP contribution in [0.1, 0.15) is 17.3 Å². The van der Waals surface area contributed by atoms with Crippen molar-refractivity contribution in [2.45, 2.75) is 13.0 Å². The predicted molar refractivity (Wildman–Crippen MR) is 53.4 cm³/mol. The summed E-state index contributed by atoms with van der Waals surface area (Å²) in [5, 5.41) is 9.16. The molecule has 1 aliphatic heterocycles. The van der Waals surface area contributed by atoms with Gasteiger partial charge in [0.2, 0.25) is 0 Å². The molecule has 4 nitrogen and oxygen atoms in total. The van der Waals surface area contributed by atoms with Gasteiger partial charge in [-0.2, -0.15) is 0 Å². The van der Waals surface area contributed by atoms with Crippen molar-refractivity contribution < 1.29 is 19.4 Å². The van der Waals surface area contributed by atoms with Gasteiger partial charge in [-0.25, -0.2) is 0 Å². The molecular weight excluding hydrogens is 196 g/mol. The van der Waals surface area contributed by atoms with E-state index in [0.29, 0.717) is 30.3 Å². The molecule has 1 heterocycles. The van der Waals surface area contributed by atoms with Crippen LogP contribution in [0, 0.1) is 0 Å². The van der Waals surface area contributed by atoms with Gasteiger partial charge in [-0.1, -0.05) is 0 Å². The number of rotatable bonds is 2. The smallest absolute Gasteiger partial charge is 0.191 e. The van der Waals surface area contributed by atoms with Crippen LogP contribution in [0.3, 0.4) is 0 Å². The van der Waals surface area contributed by atoms with Crippen LogP contribution < -0.4 is 9.47 Å². The van der Waals surface area contributed by atoms with E-state index in [1.54, 1.807) is 18.2 Å². The Morgan fingerprint density at radius 3 is 2.67 bits per heavy atom. The SMILES string of the molecule is CC(O)C(=O)c1ccc2c(c1)OCCO2. The van der Waals surface area contributed by atoms with Crippen molar-refractivity contribution in [2.24, 2.45) is 0 Å². The molecule has 1 unspecified atom stereocenters. The van der Waals surface area contributed by atoms with E-state index in [0.717, 1.165) is 0 Å². The third-order valence-corrected chi connectivity index (χ3v) is 2.21. The number of aliphatic hydroxyl groups excluding tert-OH is 1. The lowest BCUT2D eigenvalue weighted by Crippen LogP contribution is -2.18. The monoisotopic (exact) mass is 208 g/mol. The fourth-order valence-corrected chi connectivity index (χ4v) is 1.44. The van der Waals surface area contributed by atoms with Gasteiger partial charge in [-0.15, -0.1) is 0 Å². The molecule has 0 amide bonds. The Hall–Kier alpha value is -1.55. The van der Waals surface area contributed by atoms with Crippen molar-refractivity contribution in [3.8, 4) is 11.5 Å². The average Bonchev–Trinajstić information content (AvgIpc) is 2.27. The summed E-state index contributed by atoms with van der Waals surface area (Å²) < 4.78 is 10.7. The van der Waals surface area contributed by atoms with E-state index in [9.17, 15) is 4.79 Å². The van der Waals surface area contributed by atoms with Crippen molar-refractivity contribution in [3.63, 3.8) is 0 Å². The van der Waals surface area contributed by atoms with Crippen LogP contribution in [0.4, 0.5) is 0 Å². The van der Waals surface area contributed by atoms with Gasteiger partial charge in [0, 0.05) is 5.56 Å². The molecule has 0 aromatic heterocycles. The lowest BCUT2D eigenvalue weighted by Gasteiger charge is -2.18. The van der Waals surface area contributed by atoms with Gasteiger partial charge in [-0.05, 0) is 25.1 Å². The Balaban J connectivity index is 2.32. The normalized spacial score (nSPS) is 15.9. The number of carbonyl (C=O) groups is 1. The lowest BCUT2D eigenvalue weighted by atomic mass is 10.1. The highest BCUT2D eigenvalue weighted by Crippen LogP contribution is 2.30. The van der Waals surface area contributed by atoms with Crippen molar-refractivity contribution in [3.05, 3.63) is 23.8 Å². The second-order valence-corrected chi connectivity index (χ2v) is 3.40. The minimum atomic E-state index is -0.993. The van der Waals surface area contributed by atoms with Crippen LogP contribution in [0.5, 0.6) is 11.5 Å². The maximum absolute atomic E-state index is 11.5. The van der Waals surface area contributed by atoms with E-state index < -0.39 is 6.10 Å². The van der Waals surface area contributed by atoms with Crippen LogP contribution in [0.2, 0.25) is 0 Å². The summed E-state index contributed by atoms with van der Waals surface area (Å²) >= 11 is 0. The first kappa shape index (κ1) is 9.98. The molecule has 4 heteroatoms. The molecular formula is C11H12O4. The standard InChI is InChI=1S/C11H12O4/c1-7(12)11(13)8-2-3-9-10(6-8)15-5-4-14-9/h2-3,6-7,12H,4-5H2,1H3. The summed E-state index contributed by atoms with van der Waals surface area (Å²) in [5.41, 5.74) is 0.439. The minimum absolute atomic E-state index is 0.313. The number of ketones is 1. The van der Waals surface area contributed by atoms with E-state index >= 15 is 0 Å². The molecule has 0 spiro atoms. The Labute approximate surface area is 87.4 Å². The second kappa shape index (κ2) is 3.90. The molecule has 0 radical (unpaired) electrons. The fourth-order valence-electron chi connectivity index (χ4n) is 1.44. The van der Waals surface area contributed by atoms with Crippen molar-refractivity contribution >= 4 is 5.78 Å². The van der Waals surface area contributed by atoms with E-state index in [1.165, 1.54) is 6.92 Å². The van der Waals surface area contributed by atoms with Gasteiger partial charge in [-0.3, -0.25) is 4.79 Å². The van der Waals surface area contributed by atoms with Crippen molar-refractivity contribution in [1.29, 1.82) is 0 Å². The van der Waals surface area contributed by atoms with E-state index in [-0.39, 0.29) is 5.78 Å². The molecule has 0 saturated heterocycles. The highest BCUT2D eigenvalue weighted by Gasteiger charge is 2.17. The second-order valence-electron chi connectivity index (χ2n) is 3.40. The Morgan fingerprint density at radius 2 is 2.00 bits per heavy atom. The number of benzene rings is 1. The number of ether oxygens (including phenoxy) is 2. The number of carbonyl (C=O) groups excluding carboxylic acids is 1. The summed E-state index contributed by atoms with van der Waals surface area (Å²) in [6.07, 6.45) is -0.993. The zero-order valence-corrected chi connectivity index (χ0v) is 8.40. The summed E-state index contributed by atoms with van der Waals surface area (Å²) in [6.45, 7) is 2.45. The first-order valence-corrected chi connectivity index (χ1v) is 4.80. The van der Waals surface area contributed by atoms with Crippen LogP contribution in [0.15, 0.2) is 18.2 Å². The number of hydrogen-bond acceptors (Lipinski definition) is 4. The Morgan fingerprint density at radius 1 is 1.33 bits per heavy atom. The molecule has 0 saturated carbocycles. The molecule has 0 fully saturated rings.